The van der Waals surface area contributed by atoms with Crippen molar-refractivity contribution in [2.24, 2.45) is 0 Å². The molecule has 0 unspecified atom stereocenters. The van der Waals surface area contributed by atoms with Gasteiger partial charge in [-0.15, -0.1) is 0 Å². The van der Waals surface area contributed by atoms with Gasteiger partial charge < -0.3 is 14.8 Å². The number of hydrogen-bond donors (Lipinski definition) is 2. The number of fused-ring (bicyclic) bond motifs is 2. The summed E-state index contributed by atoms with van der Waals surface area (Å²) in [7, 11) is 0. The fourth-order valence-electron chi connectivity index (χ4n) is 3.60. The van der Waals surface area contributed by atoms with E-state index in [1.165, 1.54) is 29.2 Å². The summed E-state index contributed by atoms with van der Waals surface area (Å²) >= 11 is 0. The molecule has 0 atom stereocenters. The molecule has 4 heterocycles. The molecule has 0 aliphatic rings. The summed E-state index contributed by atoms with van der Waals surface area (Å²) in [6.45, 7) is 0.00692. The van der Waals surface area contributed by atoms with Gasteiger partial charge in [0.05, 0.1) is 11.8 Å². The van der Waals surface area contributed by atoms with Crippen LogP contribution in [0, 0.1) is 22.7 Å². The van der Waals surface area contributed by atoms with Crippen LogP contribution in [-0.4, -0.2) is 25.3 Å². The van der Waals surface area contributed by atoms with Crippen LogP contribution in [0.4, 0.5) is 13.2 Å². The van der Waals surface area contributed by atoms with Crippen LogP contribution >= 0.6 is 0 Å². The topological polar surface area (TPSA) is 110 Å². The Morgan fingerprint density at radius 3 is 2.66 bits per heavy atom. The van der Waals surface area contributed by atoms with Gasteiger partial charge in [0.25, 0.3) is 5.56 Å². The van der Waals surface area contributed by atoms with E-state index >= 15 is 0 Å². The van der Waals surface area contributed by atoms with Gasteiger partial charge >= 0.3 is 5.65 Å². The summed E-state index contributed by atoms with van der Waals surface area (Å²) in [5.74, 6) is -4.49. The van der Waals surface area contributed by atoms with E-state index in [1.54, 1.807) is 12.1 Å². The average molecular weight is 439 g/mol. The molecular weight excluding hydrogens is 427 g/mol. The maximum absolute atomic E-state index is 14.0. The Morgan fingerprint density at radius 1 is 1.19 bits per heavy atom. The third-order valence-electron chi connectivity index (χ3n) is 5.07. The molecule has 8 nitrogen and oxygen atoms in total. The number of carbonyl (C=O) groups excluding carboxylic acids is 1. The van der Waals surface area contributed by atoms with Crippen molar-refractivity contribution in [1.29, 1.82) is 0 Å². The molecule has 0 saturated carbocycles. The zero-order chi connectivity index (χ0) is 22.6. The third kappa shape index (κ3) is 3.02. The van der Waals surface area contributed by atoms with Gasteiger partial charge in [0.2, 0.25) is 11.6 Å². The van der Waals surface area contributed by atoms with Crippen LogP contribution in [0.2, 0.25) is 0 Å². The van der Waals surface area contributed by atoms with E-state index in [-0.39, 0.29) is 28.7 Å². The van der Waals surface area contributed by atoms with Crippen molar-refractivity contribution in [3.8, 4) is 0 Å². The lowest BCUT2D eigenvalue weighted by molar-refractivity contribution is -0.579. The number of nitrogens with zero attached hydrogens (tertiary/aromatic N) is 3. The van der Waals surface area contributed by atoms with E-state index in [9.17, 15) is 28.0 Å². The first-order valence-corrected chi connectivity index (χ1v) is 9.30. The molecule has 11 heteroatoms. The zero-order valence-electron chi connectivity index (χ0n) is 16.0. The van der Waals surface area contributed by atoms with Gasteiger partial charge in [0.1, 0.15) is 29.5 Å². The monoisotopic (exact) mass is 439 g/mol. The van der Waals surface area contributed by atoms with Gasteiger partial charge in [-0.3, -0.25) is 9.59 Å². The van der Waals surface area contributed by atoms with Crippen LogP contribution < -0.4 is 10.3 Å². The van der Waals surface area contributed by atoms with Crippen molar-refractivity contribution in [2.75, 3.05) is 0 Å². The first-order chi connectivity index (χ1) is 15.3. The van der Waals surface area contributed by atoms with Gasteiger partial charge in [0.15, 0.2) is 5.52 Å². The molecule has 160 valence electrons. The SMILES string of the molecule is O=C(c1c(F)cc(F)cc1F)c1c[nH]c2c(=O)n(Cc3nc4ccc[n+]([O-])c4[nH]3)ccc12. The molecule has 0 fully saturated rings. The van der Waals surface area contributed by atoms with Crippen molar-refractivity contribution < 1.29 is 22.7 Å². The van der Waals surface area contributed by atoms with Gasteiger partial charge in [-0.1, -0.05) is 0 Å². The zero-order valence-corrected chi connectivity index (χ0v) is 16.0. The predicted octanol–water partition coefficient (Wildman–Crippen LogP) is 2.54. The maximum Gasteiger partial charge on any atom is 0.310 e. The molecule has 0 amide bonds. The molecule has 5 rings (SSSR count). The highest BCUT2D eigenvalue weighted by atomic mass is 19.1. The first kappa shape index (κ1) is 19.5. The second-order valence-corrected chi connectivity index (χ2v) is 7.06. The highest BCUT2D eigenvalue weighted by Gasteiger charge is 2.24. The van der Waals surface area contributed by atoms with E-state index in [2.05, 4.69) is 15.0 Å². The minimum absolute atomic E-state index is 0.00692. The molecule has 2 N–H and O–H groups in total. The van der Waals surface area contributed by atoms with E-state index in [1.807, 2.05) is 0 Å². The van der Waals surface area contributed by atoms with E-state index in [0.29, 0.717) is 28.2 Å². The number of aromatic amines is 2. The summed E-state index contributed by atoms with van der Waals surface area (Å²) in [5, 5.41) is 12.0. The molecule has 0 aliphatic carbocycles. The van der Waals surface area contributed by atoms with Crippen molar-refractivity contribution in [3.05, 3.63) is 98.9 Å². The van der Waals surface area contributed by atoms with Crippen LogP contribution in [0.1, 0.15) is 21.7 Å². The Hall–Kier alpha value is -4.41. The number of ketones is 1. The standard InChI is InChI=1S/C21H12F3N5O3/c22-10-6-13(23)17(14(24)7-10)19(30)12-8-25-18-11(12)3-5-28(21(18)31)9-16-26-15-2-1-4-29(32)20(15)27-16/h1-8,25H,9H2,(H,26,27). The number of hydrogen-bond acceptors (Lipinski definition) is 4. The lowest BCUT2D eigenvalue weighted by Crippen LogP contribution is -2.26. The summed E-state index contributed by atoms with van der Waals surface area (Å²) in [5.41, 5.74) is -0.851. The lowest BCUT2D eigenvalue weighted by atomic mass is 10.0. The summed E-state index contributed by atoms with van der Waals surface area (Å²) < 4.78 is 43.2. The number of carbonyl (C=O) groups is 1. The summed E-state index contributed by atoms with van der Waals surface area (Å²) in [4.78, 5) is 35.4. The van der Waals surface area contributed by atoms with Gasteiger partial charge in [0, 0.05) is 35.5 Å². The second-order valence-electron chi connectivity index (χ2n) is 7.06. The molecule has 5 aromatic rings. The normalized spacial score (nSPS) is 11.5. The van der Waals surface area contributed by atoms with Crippen molar-refractivity contribution in [2.45, 2.75) is 6.54 Å². The summed E-state index contributed by atoms with van der Waals surface area (Å²) in [6, 6.07) is 5.46. The third-order valence-corrected chi connectivity index (χ3v) is 5.07. The largest absolute Gasteiger partial charge is 0.711 e. The molecular formula is C21H12F3N5O3. The first-order valence-electron chi connectivity index (χ1n) is 9.30. The molecule has 0 bridgehead atoms. The number of imidazole rings is 1. The molecule has 32 heavy (non-hydrogen) atoms. The molecule has 0 radical (unpaired) electrons. The minimum atomic E-state index is -1.34. The Labute approximate surface area is 176 Å². The highest BCUT2D eigenvalue weighted by Crippen LogP contribution is 2.23. The Morgan fingerprint density at radius 2 is 1.94 bits per heavy atom. The number of rotatable bonds is 4. The minimum Gasteiger partial charge on any atom is -0.711 e. The Balaban J connectivity index is 1.54. The number of H-pyrrole nitrogens is 2. The number of pyridine rings is 2. The molecule has 4 aromatic heterocycles. The predicted molar refractivity (Wildman–Crippen MR) is 106 cm³/mol. The molecule has 0 saturated heterocycles. The van der Waals surface area contributed by atoms with Crippen LogP contribution in [0.3, 0.4) is 0 Å². The maximum atomic E-state index is 14.0. The number of nitrogens with one attached hydrogen (secondary N) is 2. The molecule has 1 aromatic carbocycles. The van der Waals surface area contributed by atoms with Gasteiger partial charge in [-0.25, -0.2) is 27.9 Å². The fraction of sp³-hybridized carbons (Fsp3) is 0.0476. The quantitative estimate of drug-likeness (QED) is 0.255. The number of benzene rings is 1. The van der Waals surface area contributed by atoms with Crippen LogP contribution in [-0.2, 0) is 6.54 Å². The van der Waals surface area contributed by atoms with Crippen molar-refractivity contribution >= 4 is 27.9 Å². The molecule has 0 aliphatic heterocycles. The lowest BCUT2D eigenvalue weighted by Gasteiger charge is -2.05. The fourth-order valence-corrected chi connectivity index (χ4v) is 3.60. The Kier molecular flexibility index (Phi) is 4.33. The second kappa shape index (κ2) is 7.08. The van der Waals surface area contributed by atoms with Gasteiger partial charge in [-0.2, -0.15) is 0 Å². The Bertz CT molecular complexity index is 1580. The van der Waals surface area contributed by atoms with Crippen LogP contribution in [0.25, 0.3) is 22.1 Å². The number of aromatic nitrogens is 5. The van der Waals surface area contributed by atoms with Crippen LogP contribution in [0.5, 0.6) is 0 Å². The van der Waals surface area contributed by atoms with E-state index in [0.717, 1.165) is 0 Å². The smallest absolute Gasteiger partial charge is 0.310 e. The molecule has 0 spiro atoms. The van der Waals surface area contributed by atoms with Crippen LogP contribution in [0.15, 0.2) is 53.7 Å². The highest BCUT2D eigenvalue weighted by molar-refractivity contribution is 6.16. The van der Waals surface area contributed by atoms with Crippen molar-refractivity contribution in [1.82, 2.24) is 19.5 Å². The average Bonchev–Trinajstić information content (AvgIpc) is 3.34. The number of halogens is 3. The van der Waals surface area contributed by atoms with Crippen molar-refractivity contribution in [3.63, 3.8) is 0 Å². The summed E-state index contributed by atoms with van der Waals surface area (Å²) in [6.07, 6.45) is 3.88. The van der Waals surface area contributed by atoms with E-state index in [4.69, 9.17) is 0 Å². The van der Waals surface area contributed by atoms with E-state index < -0.39 is 34.4 Å². The van der Waals surface area contributed by atoms with Gasteiger partial charge in [-0.05, 0) is 18.2 Å².